The Morgan fingerprint density at radius 2 is 2.14 bits per heavy atom. The number of halogens is 1. The standard InChI is InChI=1S/C16H22ClN3O2/c1-12(21)18-9-13-5-4-8-20(10-13)11-16(22)19-15-7-3-2-6-14(15)17/h2-3,6-7,13H,4-5,8-11H2,1H3,(H,18,21)(H,19,22). The van der Waals surface area contributed by atoms with Gasteiger partial charge in [-0.05, 0) is 37.4 Å². The third kappa shape index (κ3) is 5.31. The highest BCUT2D eigenvalue weighted by Gasteiger charge is 2.21. The summed E-state index contributed by atoms with van der Waals surface area (Å²) < 4.78 is 0. The lowest BCUT2D eigenvalue weighted by atomic mass is 9.98. The molecule has 1 aromatic rings. The van der Waals surface area contributed by atoms with E-state index in [0.29, 0.717) is 29.7 Å². The van der Waals surface area contributed by atoms with E-state index < -0.39 is 0 Å². The quantitative estimate of drug-likeness (QED) is 0.872. The van der Waals surface area contributed by atoms with E-state index in [2.05, 4.69) is 15.5 Å². The molecule has 120 valence electrons. The summed E-state index contributed by atoms with van der Waals surface area (Å²) in [5.41, 5.74) is 0.640. The summed E-state index contributed by atoms with van der Waals surface area (Å²) in [4.78, 5) is 25.2. The highest BCUT2D eigenvalue weighted by Crippen LogP contribution is 2.21. The van der Waals surface area contributed by atoms with Crippen LogP contribution in [0.2, 0.25) is 5.02 Å². The van der Waals surface area contributed by atoms with Crippen LogP contribution in [0.15, 0.2) is 24.3 Å². The first-order chi connectivity index (χ1) is 10.5. The van der Waals surface area contributed by atoms with Crippen LogP contribution >= 0.6 is 11.6 Å². The zero-order valence-electron chi connectivity index (χ0n) is 12.8. The Morgan fingerprint density at radius 1 is 1.36 bits per heavy atom. The number of amides is 2. The maximum atomic E-state index is 12.1. The average molecular weight is 324 g/mol. The summed E-state index contributed by atoms with van der Waals surface area (Å²) in [6.07, 6.45) is 2.13. The molecule has 1 unspecified atom stereocenters. The molecule has 1 atom stereocenters. The van der Waals surface area contributed by atoms with Crippen molar-refractivity contribution in [3.63, 3.8) is 0 Å². The number of carbonyl (C=O) groups excluding carboxylic acids is 2. The molecule has 0 spiro atoms. The monoisotopic (exact) mass is 323 g/mol. The van der Waals surface area contributed by atoms with Gasteiger partial charge in [0.25, 0.3) is 0 Å². The number of likely N-dealkylation sites (tertiary alicyclic amines) is 1. The number of benzene rings is 1. The van der Waals surface area contributed by atoms with Crippen LogP contribution < -0.4 is 10.6 Å². The van der Waals surface area contributed by atoms with Crippen LogP contribution in [0.1, 0.15) is 19.8 Å². The predicted octanol–water partition coefficient (Wildman–Crippen LogP) is 2.13. The van der Waals surface area contributed by atoms with E-state index in [1.165, 1.54) is 6.92 Å². The molecule has 5 nitrogen and oxygen atoms in total. The molecule has 6 heteroatoms. The topological polar surface area (TPSA) is 61.4 Å². The van der Waals surface area contributed by atoms with E-state index in [1.807, 2.05) is 12.1 Å². The number of hydrogen-bond acceptors (Lipinski definition) is 3. The normalized spacial score (nSPS) is 18.7. The lowest BCUT2D eigenvalue weighted by Gasteiger charge is -2.32. The van der Waals surface area contributed by atoms with Gasteiger partial charge >= 0.3 is 0 Å². The lowest BCUT2D eigenvalue weighted by molar-refractivity contribution is -0.120. The third-order valence-electron chi connectivity index (χ3n) is 3.76. The maximum absolute atomic E-state index is 12.1. The van der Waals surface area contributed by atoms with Crippen LogP contribution in [0.5, 0.6) is 0 Å². The van der Waals surface area contributed by atoms with Crippen LogP contribution in [-0.2, 0) is 9.59 Å². The fourth-order valence-electron chi connectivity index (χ4n) is 2.70. The predicted molar refractivity (Wildman–Crippen MR) is 87.9 cm³/mol. The van der Waals surface area contributed by atoms with Crippen molar-refractivity contribution in [1.82, 2.24) is 10.2 Å². The Labute approximate surface area is 136 Å². The van der Waals surface area contributed by atoms with Gasteiger partial charge in [-0.3, -0.25) is 14.5 Å². The number of rotatable bonds is 5. The van der Waals surface area contributed by atoms with Gasteiger partial charge < -0.3 is 10.6 Å². The second-order valence-corrected chi connectivity index (χ2v) is 6.12. The number of anilines is 1. The Hall–Kier alpha value is -1.59. The molecule has 1 aliphatic rings. The summed E-state index contributed by atoms with van der Waals surface area (Å²) in [7, 11) is 0. The average Bonchev–Trinajstić information content (AvgIpc) is 2.48. The van der Waals surface area contributed by atoms with E-state index in [4.69, 9.17) is 11.6 Å². The van der Waals surface area contributed by atoms with Gasteiger partial charge in [0.1, 0.15) is 0 Å². The summed E-state index contributed by atoms with van der Waals surface area (Å²) in [5.74, 6) is 0.340. The summed E-state index contributed by atoms with van der Waals surface area (Å²) in [6.45, 7) is 4.29. The van der Waals surface area contributed by atoms with E-state index in [9.17, 15) is 9.59 Å². The van der Waals surface area contributed by atoms with Crippen molar-refractivity contribution in [2.24, 2.45) is 5.92 Å². The van der Waals surface area contributed by atoms with Crippen LogP contribution in [0, 0.1) is 5.92 Å². The number of nitrogens with zero attached hydrogens (tertiary/aromatic N) is 1. The van der Waals surface area contributed by atoms with Crippen molar-refractivity contribution < 1.29 is 9.59 Å². The van der Waals surface area contributed by atoms with Crippen LogP contribution in [-0.4, -0.2) is 42.9 Å². The van der Waals surface area contributed by atoms with E-state index >= 15 is 0 Å². The van der Waals surface area contributed by atoms with Gasteiger partial charge in [-0.15, -0.1) is 0 Å². The zero-order valence-corrected chi connectivity index (χ0v) is 13.5. The van der Waals surface area contributed by atoms with Crippen LogP contribution in [0.25, 0.3) is 0 Å². The van der Waals surface area contributed by atoms with Gasteiger partial charge in [0.05, 0.1) is 17.3 Å². The Bertz CT molecular complexity index is 536. The first-order valence-corrected chi connectivity index (χ1v) is 7.93. The van der Waals surface area contributed by atoms with Crippen LogP contribution in [0.4, 0.5) is 5.69 Å². The highest BCUT2D eigenvalue weighted by molar-refractivity contribution is 6.33. The number of piperidine rings is 1. The number of carbonyl (C=O) groups is 2. The molecule has 1 aliphatic heterocycles. The zero-order chi connectivity index (χ0) is 15.9. The third-order valence-corrected chi connectivity index (χ3v) is 4.09. The lowest BCUT2D eigenvalue weighted by Crippen LogP contribution is -2.43. The van der Waals surface area contributed by atoms with Crippen molar-refractivity contribution in [2.45, 2.75) is 19.8 Å². The van der Waals surface area contributed by atoms with Crippen molar-refractivity contribution in [3.8, 4) is 0 Å². The van der Waals surface area contributed by atoms with Gasteiger partial charge in [-0.25, -0.2) is 0 Å². The summed E-state index contributed by atoms with van der Waals surface area (Å²) in [5, 5.41) is 6.23. The molecule has 1 fully saturated rings. The molecule has 2 N–H and O–H groups in total. The van der Waals surface area contributed by atoms with E-state index in [-0.39, 0.29) is 11.8 Å². The van der Waals surface area contributed by atoms with Gasteiger partial charge in [-0.1, -0.05) is 23.7 Å². The SMILES string of the molecule is CC(=O)NCC1CCCN(CC(=O)Nc2ccccc2Cl)C1. The number of para-hydroxylation sites is 1. The number of hydrogen-bond donors (Lipinski definition) is 2. The fourth-order valence-corrected chi connectivity index (χ4v) is 2.89. The molecule has 0 radical (unpaired) electrons. The second-order valence-electron chi connectivity index (χ2n) is 5.71. The van der Waals surface area contributed by atoms with Gasteiger partial charge in [0.15, 0.2) is 0 Å². The van der Waals surface area contributed by atoms with Crippen molar-refractivity contribution in [3.05, 3.63) is 29.3 Å². The van der Waals surface area contributed by atoms with Gasteiger partial charge in [0, 0.05) is 20.0 Å². The molecular formula is C16H22ClN3O2. The molecule has 0 saturated carbocycles. The first-order valence-electron chi connectivity index (χ1n) is 7.56. The molecule has 0 aliphatic carbocycles. The highest BCUT2D eigenvalue weighted by atomic mass is 35.5. The minimum absolute atomic E-state index is 0.00594. The summed E-state index contributed by atoms with van der Waals surface area (Å²) in [6, 6.07) is 7.21. The second kappa shape index (κ2) is 8.15. The van der Waals surface area contributed by atoms with E-state index in [1.54, 1.807) is 12.1 Å². The van der Waals surface area contributed by atoms with Crippen molar-refractivity contribution in [1.29, 1.82) is 0 Å². The smallest absolute Gasteiger partial charge is 0.238 e. The summed E-state index contributed by atoms with van der Waals surface area (Å²) >= 11 is 6.04. The molecule has 1 heterocycles. The van der Waals surface area contributed by atoms with Gasteiger partial charge in [-0.2, -0.15) is 0 Å². The van der Waals surface area contributed by atoms with Crippen LogP contribution in [0.3, 0.4) is 0 Å². The Balaban J connectivity index is 1.81. The van der Waals surface area contributed by atoms with Gasteiger partial charge in [0.2, 0.25) is 11.8 Å². The van der Waals surface area contributed by atoms with E-state index in [0.717, 1.165) is 25.9 Å². The molecule has 2 amide bonds. The molecule has 0 bridgehead atoms. The van der Waals surface area contributed by atoms with Crippen molar-refractivity contribution >= 4 is 29.1 Å². The fraction of sp³-hybridized carbons (Fsp3) is 0.500. The molecular weight excluding hydrogens is 302 g/mol. The Morgan fingerprint density at radius 3 is 2.86 bits per heavy atom. The maximum Gasteiger partial charge on any atom is 0.238 e. The molecule has 1 saturated heterocycles. The molecule has 1 aromatic carbocycles. The minimum Gasteiger partial charge on any atom is -0.356 e. The molecule has 2 rings (SSSR count). The molecule has 22 heavy (non-hydrogen) atoms. The minimum atomic E-state index is -0.0618. The largest absolute Gasteiger partial charge is 0.356 e. The first kappa shape index (κ1) is 16.8. The number of nitrogens with one attached hydrogen (secondary N) is 2. The Kier molecular flexibility index (Phi) is 6.21. The van der Waals surface area contributed by atoms with Crippen molar-refractivity contribution in [2.75, 3.05) is 31.5 Å². The molecule has 0 aromatic heterocycles.